The van der Waals surface area contributed by atoms with Gasteiger partial charge in [0.2, 0.25) is 5.91 Å². The van der Waals surface area contributed by atoms with E-state index in [9.17, 15) is 9.59 Å². The first-order chi connectivity index (χ1) is 16.0. The number of benzene rings is 3. The average molecular weight is 481 g/mol. The number of hydrogen-bond donors (Lipinski definition) is 1. The second kappa shape index (κ2) is 10.8. The third-order valence-electron chi connectivity index (χ3n) is 5.55. The molecule has 1 N–H and O–H groups in total. The molecule has 0 aliphatic carbocycles. The molecule has 2 amide bonds. The second-order valence-corrected chi connectivity index (χ2v) is 9.29. The number of ether oxygens (including phenoxy) is 1. The van der Waals surface area contributed by atoms with Crippen molar-refractivity contribution in [3.63, 3.8) is 0 Å². The van der Waals surface area contributed by atoms with E-state index in [0.29, 0.717) is 29.4 Å². The van der Waals surface area contributed by atoms with E-state index in [4.69, 9.17) is 16.3 Å². The van der Waals surface area contributed by atoms with Crippen molar-refractivity contribution in [2.75, 3.05) is 19.4 Å². The van der Waals surface area contributed by atoms with Crippen LogP contribution in [0.4, 0.5) is 0 Å². The number of amides is 2. The highest BCUT2D eigenvalue weighted by molar-refractivity contribution is 8.00. The number of carbonyl (C=O) groups is 2. The number of halogens is 1. The molecule has 0 spiro atoms. The van der Waals surface area contributed by atoms with Crippen LogP contribution in [0.5, 0.6) is 5.75 Å². The molecule has 1 atom stereocenters. The lowest BCUT2D eigenvalue weighted by Gasteiger charge is -2.24. The Morgan fingerprint density at radius 2 is 1.70 bits per heavy atom. The van der Waals surface area contributed by atoms with Gasteiger partial charge in [-0.25, -0.2) is 0 Å². The summed E-state index contributed by atoms with van der Waals surface area (Å²) in [6.07, 6.45) is 0.744. The highest BCUT2D eigenvalue weighted by atomic mass is 35.5. The number of rotatable bonds is 8. The first kappa shape index (κ1) is 23.2. The number of nitrogens with zero attached hydrogens (tertiary/aromatic N) is 1. The molecule has 0 bridgehead atoms. The molecule has 1 fully saturated rings. The molecule has 0 aromatic heterocycles. The minimum Gasteiger partial charge on any atom is -0.497 e. The SMILES string of the molecule is COc1ccc(CCNC(=O)c2ccc([C@H]3SCC(=O)N3Cc3ccc(Cl)cc3)cc2)cc1. The van der Waals surface area contributed by atoms with E-state index in [1.807, 2.05) is 77.7 Å². The molecular weight excluding hydrogens is 456 g/mol. The Balaban J connectivity index is 1.34. The predicted molar refractivity (Wildman–Crippen MR) is 133 cm³/mol. The number of thioether (sulfide) groups is 1. The van der Waals surface area contributed by atoms with Gasteiger partial charge in [0.1, 0.15) is 11.1 Å². The Morgan fingerprint density at radius 1 is 1.03 bits per heavy atom. The van der Waals surface area contributed by atoms with Gasteiger partial charge in [-0.15, -0.1) is 11.8 Å². The summed E-state index contributed by atoms with van der Waals surface area (Å²) in [7, 11) is 1.64. The molecule has 0 saturated carbocycles. The molecule has 3 aromatic rings. The van der Waals surface area contributed by atoms with Crippen LogP contribution in [0.1, 0.15) is 32.4 Å². The zero-order valence-electron chi connectivity index (χ0n) is 18.3. The minimum atomic E-state index is -0.108. The van der Waals surface area contributed by atoms with Crippen LogP contribution in [0, 0.1) is 0 Å². The van der Waals surface area contributed by atoms with Gasteiger partial charge in [-0.1, -0.05) is 48.0 Å². The molecule has 0 radical (unpaired) electrons. The van der Waals surface area contributed by atoms with Crippen LogP contribution < -0.4 is 10.1 Å². The summed E-state index contributed by atoms with van der Waals surface area (Å²) in [5.41, 5.74) is 3.78. The fourth-order valence-electron chi connectivity index (χ4n) is 3.70. The Bertz CT molecular complexity index is 1100. The van der Waals surface area contributed by atoms with Crippen LogP contribution >= 0.6 is 23.4 Å². The Hall–Kier alpha value is -2.96. The molecule has 7 heteroatoms. The van der Waals surface area contributed by atoms with Gasteiger partial charge in [0.25, 0.3) is 5.91 Å². The van der Waals surface area contributed by atoms with Crippen molar-refractivity contribution >= 4 is 35.2 Å². The number of hydrogen-bond acceptors (Lipinski definition) is 4. The summed E-state index contributed by atoms with van der Waals surface area (Å²) < 4.78 is 5.16. The molecule has 0 unspecified atom stereocenters. The number of carbonyl (C=O) groups excluding carboxylic acids is 2. The zero-order chi connectivity index (χ0) is 23.2. The van der Waals surface area contributed by atoms with E-state index in [1.54, 1.807) is 18.9 Å². The van der Waals surface area contributed by atoms with E-state index in [2.05, 4.69) is 5.32 Å². The fourth-order valence-corrected chi connectivity index (χ4v) is 5.02. The van der Waals surface area contributed by atoms with Gasteiger partial charge >= 0.3 is 0 Å². The number of methoxy groups -OCH3 is 1. The van der Waals surface area contributed by atoms with Crippen molar-refractivity contribution in [1.29, 1.82) is 0 Å². The summed E-state index contributed by atoms with van der Waals surface area (Å²) in [4.78, 5) is 26.9. The van der Waals surface area contributed by atoms with Gasteiger partial charge in [-0.2, -0.15) is 0 Å². The van der Waals surface area contributed by atoms with E-state index in [-0.39, 0.29) is 17.2 Å². The summed E-state index contributed by atoms with van der Waals surface area (Å²) in [6, 6.07) is 22.9. The maximum absolute atomic E-state index is 12.5. The van der Waals surface area contributed by atoms with Crippen molar-refractivity contribution in [3.05, 3.63) is 100 Å². The molecule has 1 aliphatic heterocycles. The van der Waals surface area contributed by atoms with Gasteiger partial charge in [-0.05, 0) is 59.5 Å². The van der Waals surface area contributed by atoms with E-state index in [1.165, 1.54) is 0 Å². The van der Waals surface area contributed by atoms with Crippen molar-refractivity contribution in [3.8, 4) is 5.75 Å². The lowest BCUT2D eigenvalue weighted by molar-refractivity contribution is -0.128. The van der Waals surface area contributed by atoms with E-state index in [0.717, 1.165) is 28.9 Å². The normalized spacial score (nSPS) is 15.5. The fraction of sp³-hybridized carbons (Fsp3) is 0.231. The molecule has 1 saturated heterocycles. The molecule has 1 heterocycles. The quantitative estimate of drug-likeness (QED) is 0.487. The van der Waals surface area contributed by atoms with E-state index < -0.39 is 0 Å². The Morgan fingerprint density at radius 3 is 2.36 bits per heavy atom. The number of nitrogens with one attached hydrogen (secondary N) is 1. The molecule has 5 nitrogen and oxygen atoms in total. The van der Waals surface area contributed by atoms with Crippen LogP contribution in [-0.4, -0.2) is 36.1 Å². The summed E-state index contributed by atoms with van der Waals surface area (Å²) in [5.74, 6) is 1.27. The van der Waals surface area contributed by atoms with Crippen molar-refractivity contribution < 1.29 is 14.3 Å². The maximum Gasteiger partial charge on any atom is 0.251 e. The van der Waals surface area contributed by atoms with Gasteiger partial charge in [0.15, 0.2) is 0 Å². The summed E-state index contributed by atoms with van der Waals surface area (Å²) >= 11 is 7.58. The summed E-state index contributed by atoms with van der Waals surface area (Å²) in [5, 5.41) is 3.57. The van der Waals surface area contributed by atoms with Gasteiger partial charge in [0.05, 0.1) is 12.9 Å². The average Bonchev–Trinajstić information content (AvgIpc) is 3.21. The van der Waals surface area contributed by atoms with Crippen LogP contribution in [0.25, 0.3) is 0 Å². The Labute approximate surface area is 203 Å². The van der Waals surface area contributed by atoms with Crippen LogP contribution in [0.3, 0.4) is 0 Å². The minimum absolute atomic E-state index is 0.0691. The first-order valence-electron chi connectivity index (χ1n) is 10.7. The van der Waals surface area contributed by atoms with Crippen LogP contribution in [0.15, 0.2) is 72.8 Å². The third kappa shape index (κ3) is 5.89. The predicted octanol–water partition coefficient (Wildman–Crippen LogP) is 5.10. The largest absolute Gasteiger partial charge is 0.497 e. The van der Waals surface area contributed by atoms with Crippen molar-refractivity contribution in [2.24, 2.45) is 0 Å². The van der Waals surface area contributed by atoms with Crippen LogP contribution in [0.2, 0.25) is 5.02 Å². The van der Waals surface area contributed by atoms with Gasteiger partial charge in [-0.3, -0.25) is 9.59 Å². The first-order valence-corrected chi connectivity index (χ1v) is 12.1. The lowest BCUT2D eigenvalue weighted by Crippen LogP contribution is -2.28. The highest BCUT2D eigenvalue weighted by Gasteiger charge is 2.32. The van der Waals surface area contributed by atoms with Gasteiger partial charge in [0, 0.05) is 23.7 Å². The van der Waals surface area contributed by atoms with Gasteiger partial charge < -0.3 is 15.0 Å². The Kier molecular flexibility index (Phi) is 7.57. The third-order valence-corrected chi connectivity index (χ3v) is 7.06. The lowest BCUT2D eigenvalue weighted by atomic mass is 10.1. The standard InChI is InChI=1S/C26H25ClN2O3S/c1-32-23-12-4-18(5-13-23)14-15-28-25(31)20-6-8-21(9-7-20)26-29(24(30)17-33-26)16-19-2-10-22(27)11-3-19/h2-13,26H,14-17H2,1H3,(H,28,31)/t26-/m1/s1. The monoisotopic (exact) mass is 480 g/mol. The van der Waals surface area contributed by atoms with Crippen LogP contribution in [-0.2, 0) is 17.8 Å². The topological polar surface area (TPSA) is 58.6 Å². The smallest absolute Gasteiger partial charge is 0.251 e. The molecule has 1 aliphatic rings. The molecule has 33 heavy (non-hydrogen) atoms. The highest BCUT2D eigenvalue weighted by Crippen LogP contribution is 2.39. The molecule has 170 valence electrons. The van der Waals surface area contributed by atoms with Crippen molar-refractivity contribution in [1.82, 2.24) is 10.2 Å². The van der Waals surface area contributed by atoms with E-state index >= 15 is 0 Å². The molecule has 3 aromatic carbocycles. The maximum atomic E-state index is 12.5. The summed E-state index contributed by atoms with van der Waals surface area (Å²) in [6.45, 7) is 1.08. The zero-order valence-corrected chi connectivity index (χ0v) is 19.9. The second-order valence-electron chi connectivity index (χ2n) is 7.79. The molecule has 4 rings (SSSR count). The molecular formula is C26H25ClN2O3S. The van der Waals surface area contributed by atoms with Crippen molar-refractivity contribution in [2.45, 2.75) is 18.3 Å².